The van der Waals surface area contributed by atoms with E-state index in [1.807, 2.05) is 25.1 Å². The molecule has 0 saturated heterocycles. The van der Waals surface area contributed by atoms with Crippen molar-refractivity contribution >= 4 is 11.5 Å². The van der Waals surface area contributed by atoms with Gasteiger partial charge >= 0.3 is 0 Å². The molecule has 1 aliphatic rings. The zero-order valence-electron chi connectivity index (χ0n) is 11.0. The van der Waals surface area contributed by atoms with Crippen LogP contribution >= 0.6 is 0 Å². The standard InChI is InChI=1S/C17H17NO/c1-11-6-7-13(9-16(11)18)17(19)10-14-8-12-4-2-3-5-15(12)14/h2-7,9,14H,8,10,18H2,1H3. The molecular formula is C17H17NO. The van der Waals surface area contributed by atoms with Crippen LogP contribution in [0.25, 0.3) is 0 Å². The van der Waals surface area contributed by atoms with Gasteiger partial charge in [0.25, 0.3) is 0 Å². The minimum absolute atomic E-state index is 0.186. The van der Waals surface area contributed by atoms with Crippen LogP contribution in [-0.4, -0.2) is 5.78 Å². The first-order chi connectivity index (χ1) is 9.15. The van der Waals surface area contributed by atoms with Crippen LogP contribution in [0.1, 0.15) is 39.4 Å². The van der Waals surface area contributed by atoms with E-state index >= 15 is 0 Å². The van der Waals surface area contributed by atoms with Gasteiger partial charge in [-0.3, -0.25) is 4.79 Å². The van der Waals surface area contributed by atoms with Crippen LogP contribution in [0.3, 0.4) is 0 Å². The number of Topliss-reactive ketones (excluding diaryl/α,β-unsaturated/α-hetero) is 1. The maximum absolute atomic E-state index is 12.3. The summed E-state index contributed by atoms with van der Waals surface area (Å²) in [6, 6.07) is 13.9. The second-order valence-corrected chi connectivity index (χ2v) is 5.30. The largest absolute Gasteiger partial charge is 0.398 e. The van der Waals surface area contributed by atoms with Crippen LogP contribution in [0.2, 0.25) is 0 Å². The molecule has 3 rings (SSSR count). The Balaban J connectivity index is 1.75. The average Bonchev–Trinajstić information content (AvgIpc) is 2.39. The maximum Gasteiger partial charge on any atom is 0.163 e. The van der Waals surface area contributed by atoms with E-state index in [0.29, 0.717) is 18.0 Å². The van der Waals surface area contributed by atoms with Gasteiger partial charge in [-0.1, -0.05) is 36.4 Å². The highest BCUT2D eigenvalue weighted by atomic mass is 16.1. The van der Waals surface area contributed by atoms with Crippen LogP contribution < -0.4 is 5.73 Å². The molecule has 2 aromatic carbocycles. The topological polar surface area (TPSA) is 43.1 Å². The molecule has 2 heteroatoms. The first-order valence-corrected chi connectivity index (χ1v) is 6.62. The Morgan fingerprint density at radius 3 is 2.79 bits per heavy atom. The van der Waals surface area contributed by atoms with Crippen LogP contribution in [0.5, 0.6) is 0 Å². The number of carbonyl (C=O) groups excluding carboxylic acids is 1. The molecule has 2 aromatic rings. The molecule has 2 nitrogen and oxygen atoms in total. The number of nitrogens with two attached hydrogens (primary N) is 1. The zero-order chi connectivity index (χ0) is 13.4. The minimum Gasteiger partial charge on any atom is -0.398 e. The SMILES string of the molecule is Cc1ccc(C(=O)CC2Cc3ccccc32)cc1N. The fourth-order valence-corrected chi connectivity index (χ4v) is 2.70. The van der Waals surface area contributed by atoms with E-state index in [4.69, 9.17) is 5.73 Å². The number of carbonyl (C=O) groups is 1. The first kappa shape index (κ1) is 12.0. The molecule has 0 fully saturated rings. The van der Waals surface area contributed by atoms with Crippen LogP contribution in [0, 0.1) is 6.92 Å². The molecular weight excluding hydrogens is 234 g/mol. The lowest BCUT2D eigenvalue weighted by Crippen LogP contribution is -2.20. The van der Waals surface area contributed by atoms with E-state index in [2.05, 4.69) is 18.2 Å². The third-order valence-corrected chi connectivity index (χ3v) is 3.99. The van der Waals surface area contributed by atoms with E-state index in [1.165, 1.54) is 11.1 Å². The summed E-state index contributed by atoms with van der Waals surface area (Å²) in [5, 5.41) is 0. The monoisotopic (exact) mass is 251 g/mol. The Labute approximate surface area is 113 Å². The lowest BCUT2D eigenvalue weighted by Gasteiger charge is -2.29. The van der Waals surface area contributed by atoms with E-state index < -0.39 is 0 Å². The molecule has 0 amide bonds. The number of hydrogen-bond acceptors (Lipinski definition) is 2. The number of nitrogen functional groups attached to an aromatic ring is 1. The third kappa shape index (κ3) is 2.14. The fourth-order valence-electron chi connectivity index (χ4n) is 2.70. The molecule has 0 spiro atoms. The number of ketones is 1. The van der Waals surface area contributed by atoms with Crippen molar-refractivity contribution in [2.45, 2.75) is 25.7 Å². The van der Waals surface area contributed by atoms with Crippen LogP contribution in [0.15, 0.2) is 42.5 Å². The van der Waals surface area contributed by atoms with Crippen molar-refractivity contribution in [2.24, 2.45) is 0 Å². The van der Waals surface area contributed by atoms with E-state index in [0.717, 1.165) is 17.5 Å². The summed E-state index contributed by atoms with van der Waals surface area (Å²) in [5.74, 6) is 0.567. The van der Waals surface area contributed by atoms with Crippen molar-refractivity contribution in [2.75, 3.05) is 5.73 Å². The summed E-state index contributed by atoms with van der Waals surface area (Å²) >= 11 is 0. The highest BCUT2D eigenvalue weighted by Crippen LogP contribution is 2.38. The molecule has 0 saturated carbocycles. The summed E-state index contributed by atoms with van der Waals surface area (Å²) < 4.78 is 0. The lowest BCUT2D eigenvalue weighted by molar-refractivity contribution is 0.0970. The van der Waals surface area contributed by atoms with Crippen molar-refractivity contribution in [1.29, 1.82) is 0 Å². The normalized spacial score (nSPS) is 16.6. The van der Waals surface area contributed by atoms with E-state index in [9.17, 15) is 4.79 Å². The van der Waals surface area contributed by atoms with Gasteiger partial charge in [0, 0.05) is 17.7 Å². The van der Waals surface area contributed by atoms with Gasteiger partial charge < -0.3 is 5.73 Å². The molecule has 19 heavy (non-hydrogen) atoms. The van der Waals surface area contributed by atoms with Crippen molar-refractivity contribution in [1.82, 2.24) is 0 Å². The quantitative estimate of drug-likeness (QED) is 0.670. The number of rotatable bonds is 3. The van der Waals surface area contributed by atoms with E-state index in [-0.39, 0.29) is 5.78 Å². The molecule has 1 atom stereocenters. The van der Waals surface area contributed by atoms with Crippen molar-refractivity contribution < 1.29 is 4.79 Å². The number of aryl methyl sites for hydroxylation is 1. The highest BCUT2D eigenvalue weighted by Gasteiger charge is 2.27. The predicted octanol–water partition coefficient (Wildman–Crippen LogP) is 3.49. The smallest absolute Gasteiger partial charge is 0.163 e. The van der Waals surface area contributed by atoms with Gasteiger partial charge in [0.2, 0.25) is 0 Å². The Hall–Kier alpha value is -2.09. The molecule has 0 bridgehead atoms. The van der Waals surface area contributed by atoms with Gasteiger partial charge in [-0.2, -0.15) is 0 Å². The predicted molar refractivity (Wildman–Crippen MR) is 77.4 cm³/mol. The molecule has 2 N–H and O–H groups in total. The average molecular weight is 251 g/mol. The summed E-state index contributed by atoms with van der Waals surface area (Å²) in [5.41, 5.74) is 11.0. The lowest BCUT2D eigenvalue weighted by atomic mass is 9.74. The summed E-state index contributed by atoms with van der Waals surface area (Å²) in [7, 11) is 0. The molecule has 0 heterocycles. The molecule has 1 unspecified atom stereocenters. The maximum atomic E-state index is 12.3. The van der Waals surface area contributed by atoms with Gasteiger partial charge in [-0.25, -0.2) is 0 Å². The summed E-state index contributed by atoms with van der Waals surface area (Å²) in [6.45, 7) is 1.95. The molecule has 0 aliphatic heterocycles. The van der Waals surface area contributed by atoms with Crippen molar-refractivity contribution in [3.05, 3.63) is 64.7 Å². The first-order valence-electron chi connectivity index (χ1n) is 6.62. The third-order valence-electron chi connectivity index (χ3n) is 3.99. The summed E-state index contributed by atoms with van der Waals surface area (Å²) in [4.78, 5) is 12.3. The van der Waals surface area contributed by atoms with Gasteiger partial charge in [0.15, 0.2) is 5.78 Å². The second-order valence-electron chi connectivity index (χ2n) is 5.30. The van der Waals surface area contributed by atoms with Gasteiger partial charge in [-0.05, 0) is 42.0 Å². The van der Waals surface area contributed by atoms with Gasteiger partial charge in [0.05, 0.1) is 0 Å². The van der Waals surface area contributed by atoms with Crippen LogP contribution in [0.4, 0.5) is 5.69 Å². The Kier molecular flexibility index (Phi) is 2.86. The molecule has 0 aromatic heterocycles. The fraction of sp³-hybridized carbons (Fsp3) is 0.235. The molecule has 1 aliphatic carbocycles. The molecule has 0 radical (unpaired) electrons. The summed E-state index contributed by atoms with van der Waals surface area (Å²) in [6.07, 6.45) is 1.60. The number of fused-ring (bicyclic) bond motifs is 1. The van der Waals surface area contributed by atoms with Crippen molar-refractivity contribution in [3.8, 4) is 0 Å². The second kappa shape index (κ2) is 4.54. The Morgan fingerprint density at radius 2 is 2.05 bits per heavy atom. The van der Waals surface area contributed by atoms with E-state index in [1.54, 1.807) is 6.07 Å². The van der Waals surface area contributed by atoms with Crippen molar-refractivity contribution in [3.63, 3.8) is 0 Å². The number of anilines is 1. The zero-order valence-corrected chi connectivity index (χ0v) is 11.0. The number of benzene rings is 2. The number of hydrogen-bond donors (Lipinski definition) is 1. The minimum atomic E-state index is 0.186. The van der Waals surface area contributed by atoms with Gasteiger partial charge in [-0.15, -0.1) is 0 Å². The van der Waals surface area contributed by atoms with Crippen LogP contribution in [-0.2, 0) is 6.42 Å². The highest BCUT2D eigenvalue weighted by molar-refractivity contribution is 5.97. The van der Waals surface area contributed by atoms with Gasteiger partial charge in [0.1, 0.15) is 0 Å². The molecule has 96 valence electrons. The Bertz CT molecular complexity index is 645. The Morgan fingerprint density at radius 1 is 1.26 bits per heavy atom.